The van der Waals surface area contributed by atoms with E-state index >= 15 is 0 Å². The molecule has 0 atom stereocenters. The monoisotopic (exact) mass is 280 g/mol. The predicted molar refractivity (Wildman–Crippen MR) is 73.5 cm³/mol. The Bertz CT molecular complexity index is 557. The van der Waals surface area contributed by atoms with E-state index in [-0.39, 0.29) is 5.69 Å². The fourth-order valence-electron chi connectivity index (χ4n) is 1.72. The van der Waals surface area contributed by atoms with Crippen molar-refractivity contribution >= 4 is 23.0 Å². The van der Waals surface area contributed by atoms with E-state index in [0.717, 1.165) is 18.7 Å². The maximum Gasteiger partial charge on any atom is 0.293 e. The van der Waals surface area contributed by atoms with Gasteiger partial charge >= 0.3 is 0 Å². The molecular weight excluding hydrogens is 268 g/mol. The van der Waals surface area contributed by atoms with Gasteiger partial charge in [-0.05, 0) is 18.6 Å². The van der Waals surface area contributed by atoms with Crippen LogP contribution in [0.1, 0.15) is 12.2 Å². The normalized spacial score (nSPS) is 10.4. The highest BCUT2D eigenvalue weighted by Gasteiger charge is 2.13. The summed E-state index contributed by atoms with van der Waals surface area (Å²) in [7, 11) is 0. The molecule has 2 N–H and O–H groups in total. The molecule has 0 fully saturated rings. The van der Waals surface area contributed by atoms with Gasteiger partial charge in [0, 0.05) is 36.4 Å². The van der Waals surface area contributed by atoms with Gasteiger partial charge in [-0.2, -0.15) is 0 Å². The van der Waals surface area contributed by atoms with Crippen molar-refractivity contribution in [2.45, 2.75) is 12.8 Å². The Hall–Kier alpha value is -2.08. The van der Waals surface area contributed by atoms with Gasteiger partial charge < -0.3 is 10.3 Å². The van der Waals surface area contributed by atoms with Crippen LogP contribution in [0.4, 0.5) is 11.4 Å². The Kier molecular flexibility index (Phi) is 4.35. The van der Waals surface area contributed by atoms with E-state index < -0.39 is 4.92 Å². The van der Waals surface area contributed by atoms with Crippen molar-refractivity contribution in [1.29, 1.82) is 0 Å². The second kappa shape index (κ2) is 6.19. The number of nitro benzene ring substituents is 1. The highest BCUT2D eigenvalue weighted by molar-refractivity contribution is 6.30. The topological polar surface area (TPSA) is 83.8 Å². The molecule has 1 aromatic carbocycles. The van der Waals surface area contributed by atoms with Crippen LogP contribution in [0, 0.1) is 10.1 Å². The second-order valence-electron chi connectivity index (χ2n) is 3.98. The summed E-state index contributed by atoms with van der Waals surface area (Å²) in [5, 5.41) is 14.3. The van der Waals surface area contributed by atoms with E-state index in [1.807, 2.05) is 0 Å². The van der Waals surface area contributed by atoms with E-state index in [1.54, 1.807) is 24.5 Å². The molecule has 0 saturated carbocycles. The molecule has 2 rings (SSSR count). The van der Waals surface area contributed by atoms with Crippen LogP contribution in [0.5, 0.6) is 0 Å². The predicted octanol–water partition coefficient (Wildman–Crippen LogP) is 3.02. The number of halogens is 1. The fourth-order valence-corrected chi connectivity index (χ4v) is 1.89. The molecule has 0 spiro atoms. The highest BCUT2D eigenvalue weighted by atomic mass is 35.5. The van der Waals surface area contributed by atoms with E-state index in [2.05, 4.69) is 15.3 Å². The third kappa shape index (κ3) is 3.69. The number of nitrogens with zero attached hydrogens (tertiary/aromatic N) is 2. The van der Waals surface area contributed by atoms with Crippen molar-refractivity contribution in [2.75, 3.05) is 11.9 Å². The summed E-state index contributed by atoms with van der Waals surface area (Å²) in [6.45, 7) is 0.628. The minimum Gasteiger partial charge on any atom is -0.379 e. The summed E-state index contributed by atoms with van der Waals surface area (Å²) in [4.78, 5) is 17.6. The number of aryl methyl sites for hydroxylation is 1. The molecular formula is C12H13ClN4O2. The smallest absolute Gasteiger partial charge is 0.293 e. The molecule has 0 unspecified atom stereocenters. The van der Waals surface area contributed by atoms with Gasteiger partial charge in [-0.3, -0.25) is 10.1 Å². The van der Waals surface area contributed by atoms with Crippen LogP contribution in [0.15, 0.2) is 30.6 Å². The Labute approximate surface area is 115 Å². The maximum absolute atomic E-state index is 10.9. The maximum atomic E-state index is 10.9. The summed E-state index contributed by atoms with van der Waals surface area (Å²) in [5.74, 6) is 0.910. The number of aromatic nitrogens is 2. The molecule has 1 heterocycles. The number of nitro groups is 1. The van der Waals surface area contributed by atoms with Gasteiger partial charge in [-0.1, -0.05) is 11.6 Å². The standard InChI is InChI=1S/C12H13ClN4O2/c13-9-3-4-10(11(8-9)17(18)19)14-5-1-2-12-15-6-7-16-12/h3-4,6-8,14H,1-2,5H2,(H,15,16). The first kappa shape index (κ1) is 13.4. The van der Waals surface area contributed by atoms with Gasteiger partial charge in [-0.25, -0.2) is 4.98 Å². The lowest BCUT2D eigenvalue weighted by Gasteiger charge is -2.06. The molecule has 1 aromatic heterocycles. The molecule has 7 heteroatoms. The van der Waals surface area contributed by atoms with Crippen molar-refractivity contribution in [3.8, 4) is 0 Å². The lowest BCUT2D eigenvalue weighted by molar-refractivity contribution is -0.383. The average Bonchev–Trinajstić information content (AvgIpc) is 2.89. The van der Waals surface area contributed by atoms with Gasteiger partial charge in [0.2, 0.25) is 0 Å². The summed E-state index contributed by atoms with van der Waals surface area (Å²) in [6, 6.07) is 4.59. The van der Waals surface area contributed by atoms with Gasteiger partial charge in [-0.15, -0.1) is 0 Å². The molecule has 0 aliphatic carbocycles. The van der Waals surface area contributed by atoms with Crippen molar-refractivity contribution < 1.29 is 4.92 Å². The van der Waals surface area contributed by atoms with E-state index in [0.29, 0.717) is 17.3 Å². The first-order chi connectivity index (χ1) is 9.16. The molecule has 100 valence electrons. The summed E-state index contributed by atoms with van der Waals surface area (Å²) in [5.41, 5.74) is 0.472. The Balaban J connectivity index is 1.90. The summed E-state index contributed by atoms with van der Waals surface area (Å²) in [6.07, 6.45) is 5.09. The first-order valence-electron chi connectivity index (χ1n) is 5.83. The van der Waals surface area contributed by atoms with Gasteiger partial charge in [0.05, 0.1) is 4.92 Å². The van der Waals surface area contributed by atoms with E-state index in [9.17, 15) is 10.1 Å². The van der Waals surface area contributed by atoms with Crippen molar-refractivity contribution in [1.82, 2.24) is 9.97 Å². The van der Waals surface area contributed by atoms with Crippen LogP contribution < -0.4 is 5.32 Å². The van der Waals surface area contributed by atoms with Crippen molar-refractivity contribution in [2.24, 2.45) is 0 Å². The summed E-state index contributed by atoms with van der Waals surface area (Å²) < 4.78 is 0. The number of aromatic amines is 1. The van der Waals surface area contributed by atoms with Crippen molar-refractivity contribution in [3.63, 3.8) is 0 Å². The molecule has 0 aliphatic rings. The number of imidazole rings is 1. The van der Waals surface area contributed by atoms with Crippen LogP contribution >= 0.6 is 11.6 Å². The van der Waals surface area contributed by atoms with Crippen LogP contribution in [0.25, 0.3) is 0 Å². The van der Waals surface area contributed by atoms with Crippen LogP contribution in [0.3, 0.4) is 0 Å². The summed E-state index contributed by atoms with van der Waals surface area (Å²) >= 11 is 5.75. The fraction of sp³-hybridized carbons (Fsp3) is 0.250. The minimum absolute atomic E-state index is 0.00880. The molecule has 0 aliphatic heterocycles. The van der Waals surface area contributed by atoms with Gasteiger partial charge in [0.25, 0.3) is 5.69 Å². The largest absolute Gasteiger partial charge is 0.379 e. The van der Waals surface area contributed by atoms with Gasteiger partial charge in [0.1, 0.15) is 11.5 Å². The Morgan fingerprint density at radius 3 is 3.00 bits per heavy atom. The lowest BCUT2D eigenvalue weighted by Crippen LogP contribution is -2.05. The third-order valence-corrected chi connectivity index (χ3v) is 2.85. The van der Waals surface area contributed by atoms with Crippen LogP contribution in [0.2, 0.25) is 5.02 Å². The zero-order chi connectivity index (χ0) is 13.7. The zero-order valence-electron chi connectivity index (χ0n) is 10.1. The quantitative estimate of drug-likeness (QED) is 0.484. The van der Waals surface area contributed by atoms with Crippen molar-refractivity contribution in [3.05, 3.63) is 51.6 Å². The number of nitrogens with one attached hydrogen (secondary N) is 2. The molecule has 0 radical (unpaired) electrons. The first-order valence-corrected chi connectivity index (χ1v) is 6.20. The zero-order valence-corrected chi connectivity index (χ0v) is 10.9. The number of H-pyrrole nitrogens is 1. The van der Waals surface area contributed by atoms with Gasteiger partial charge in [0.15, 0.2) is 0 Å². The Morgan fingerprint density at radius 2 is 2.32 bits per heavy atom. The number of hydrogen-bond donors (Lipinski definition) is 2. The number of benzene rings is 1. The molecule has 6 nitrogen and oxygen atoms in total. The highest BCUT2D eigenvalue weighted by Crippen LogP contribution is 2.27. The SMILES string of the molecule is O=[N+]([O-])c1cc(Cl)ccc1NCCCc1ncc[nH]1. The molecule has 0 amide bonds. The second-order valence-corrected chi connectivity index (χ2v) is 4.42. The molecule has 19 heavy (non-hydrogen) atoms. The molecule has 2 aromatic rings. The van der Waals surface area contributed by atoms with E-state index in [1.165, 1.54) is 6.07 Å². The molecule has 0 bridgehead atoms. The Morgan fingerprint density at radius 1 is 1.47 bits per heavy atom. The van der Waals surface area contributed by atoms with Crippen LogP contribution in [-0.2, 0) is 6.42 Å². The number of hydrogen-bond acceptors (Lipinski definition) is 4. The average molecular weight is 281 g/mol. The van der Waals surface area contributed by atoms with Crippen LogP contribution in [-0.4, -0.2) is 21.4 Å². The van der Waals surface area contributed by atoms with E-state index in [4.69, 9.17) is 11.6 Å². The lowest BCUT2D eigenvalue weighted by atomic mass is 10.2. The minimum atomic E-state index is -0.444. The number of rotatable bonds is 6. The third-order valence-electron chi connectivity index (χ3n) is 2.62. The number of anilines is 1. The molecule has 0 saturated heterocycles.